The molecular weight excluding hydrogens is 332 g/mol. The Balaban J connectivity index is 1.73. The summed E-state index contributed by atoms with van der Waals surface area (Å²) in [6, 6.07) is 9.59. The van der Waals surface area contributed by atoms with Crippen LogP contribution in [-0.4, -0.2) is 45.8 Å². The zero-order valence-corrected chi connectivity index (χ0v) is 14.6. The number of carbonyl (C=O) groups is 2. The zero-order valence-electron chi connectivity index (χ0n) is 14.6. The Hall–Kier alpha value is -3.16. The lowest BCUT2D eigenvalue weighted by Crippen LogP contribution is -2.41. The molecule has 0 atom stereocenters. The predicted octanol–water partition coefficient (Wildman–Crippen LogP) is 1.74. The molecule has 0 bridgehead atoms. The topological polar surface area (TPSA) is 113 Å². The van der Waals surface area contributed by atoms with Gasteiger partial charge >= 0.3 is 0 Å². The molecule has 4 N–H and O–H groups in total. The molecule has 2 aromatic rings. The normalized spacial score (nSPS) is 14.7. The number of nitrogens with one attached hydrogen (secondary N) is 2. The maximum atomic E-state index is 11.7. The van der Waals surface area contributed by atoms with Gasteiger partial charge < -0.3 is 21.3 Å². The van der Waals surface area contributed by atoms with E-state index in [4.69, 9.17) is 5.73 Å². The minimum atomic E-state index is -0.593. The second-order valence-corrected chi connectivity index (χ2v) is 6.24. The molecule has 1 aromatic carbocycles. The van der Waals surface area contributed by atoms with E-state index in [-0.39, 0.29) is 17.5 Å². The van der Waals surface area contributed by atoms with Gasteiger partial charge in [-0.1, -0.05) is 18.2 Å². The van der Waals surface area contributed by atoms with E-state index in [2.05, 4.69) is 20.6 Å². The van der Waals surface area contributed by atoms with Gasteiger partial charge in [0.05, 0.1) is 0 Å². The summed E-state index contributed by atoms with van der Waals surface area (Å²) in [7, 11) is 0. The molecule has 8 nitrogen and oxygen atoms in total. The molecule has 26 heavy (non-hydrogen) atoms. The van der Waals surface area contributed by atoms with Gasteiger partial charge in [-0.3, -0.25) is 9.59 Å². The number of benzene rings is 1. The molecule has 0 spiro atoms. The van der Waals surface area contributed by atoms with Crippen molar-refractivity contribution in [1.82, 2.24) is 14.9 Å². The highest BCUT2D eigenvalue weighted by Gasteiger charge is 2.22. The third kappa shape index (κ3) is 4.27. The number of nitrogens with zero attached hydrogens (tertiary/aromatic N) is 3. The Labute approximate surface area is 151 Å². The molecule has 0 aliphatic carbocycles. The highest BCUT2D eigenvalue weighted by Crippen LogP contribution is 2.21. The quantitative estimate of drug-likeness (QED) is 0.754. The van der Waals surface area contributed by atoms with Crippen molar-refractivity contribution in [3.05, 3.63) is 42.1 Å². The molecular formula is C18H22N6O2. The van der Waals surface area contributed by atoms with Gasteiger partial charge in [0.1, 0.15) is 11.4 Å². The Morgan fingerprint density at radius 1 is 1.19 bits per heavy atom. The first-order valence-electron chi connectivity index (χ1n) is 8.54. The third-order valence-corrected chi connectivity index (χ3v) is 4.36. The minimum Gasteiger partial charge on any atom is -0.365 e. The van der Waals surface area contributed by atoms with Crippen LogP contribution in [0.25, 0.3) is 0 Å². The van der Waals surface area contributed by atoms with Crippen molar-refractivity contribution < 1.29 is 9.59 Å². The molecule has 8 heteroatoms. The van der Waals surface area contributed by atoms with Crippen molar-refractivity contribution in [3.63, 3.8) is 0 Å². The van der Waals surface area contributed by atoms with Gasteiger partial charge in [-0.05, 0) is 25.0 Å². The Kier molecular flexibility index (Phi) is 5.31. The summed E-state index contributed by atoms with van der Waals surface area (Å²) in [6.07, 6.45) is 3.07. The molecule has 2 heterocycles. The van der Waals surface area contributed by atoms with Crippen LogP contribution in [0, 0.1) is 0 Å². The van der Waals surface area contributed by atoms with Gasteiger partial charge in [0.2, 0.25) is 11.9 Å². The van der Waals surface area contributed by atoms with Crippen molar-refractivity contribution in [2.24, 2.45) is 5.73 Å². The van der Waals surface area contributed by atoms with E-state index in [9.17, 15) is 9.59 Å². The number of anilines is 3. The smallest absolute Gasteiger partial charge is 0.254 e. The average molecular weight is 354 g/mol. The van der Waals surface area contributed by atoms with Crippen LogP contribution >= 0.6 is 0 Å². The number of nitrogens with two attached hydrogens (primary N) is 1. The summed E-state index contributed by atoms with van der Waals surface area (Å²) >= 11 is 0. The van der Waals surface area contributed by atoms with E-state index in [1.807, 2.05) is 35.2 Å². The van der Waals surface area contributed by atoms with Crippen LogP contribution in [0.4, 0.5) is 17.5 Å². The lowest BCUT2D eigenvalue weighted by Gasteiger charge is -2.31. The minimum absolute atomic E-state index is 0.0971. The summed E-state index contributed by atoms with van der Waals surface area (Å²) in [6.45, 7) is 3.00. The SMILES string of the molecule is CC(=O)N1CCC(Nc2ncc(C(N)=O)c(Nc3ccccc3)n2)CC1. The largest absolute Gasteiger partial charge is 0.365 e. The number of likely N-dealkylation sites (tertiary alicyclic amines) is 1. The van der Waals surface area contributed by atoms with E-state index in [0.29, 0.717) is 24.9 Å². The molecule has 0 radical (unpaired) electrons. The number of hydrogen-bond donors (Lipinski definition) is 3. The third-order valence-electron chi connectivity index (χ3n) is 4.36. The van der Waals surface area contributed by atoms with Crippen molar-refractivity contribution in [1.29, 1.82) is 0 Å². The fourth-order valence-electron chi connectivity index (χ4n) is 2.91. The van der Waals surface area contributed by atoms with Crippen LogP contribution in [0.3, 0.4) is 0 Å². The number of carbonyl (C=O) groups excluding carboxylic acids is 2. The summed E-state index contributed by atoms with van der Waals surface area (Å²) < 4.78 is 0. The van der Waals surface area contributed by atoms with Gasteiger partial charge in [0.15, 0.2) is 0 Å². The molecule has 0 saturated carbocycles. The number of aromatic nitrogens is 2. The van der Waals surface area contributed by atoms with Crippen LogP contribution in [0.5, 0.6) is 0 Å². The number of amides is 2. The molecule has 1 aliphatic heterocycles. The van der Waals surface area contributed by atoms with Crippen molar-refractivity contribution in [2.45, 2.75) is 25.8 Å². The molecule has 136 valence electrons. The maximum Gasteiger partial charge on any atom is 0.254 e. The van der Waals surface area contributed by atoms with Crippen LogP contribution in [-0.2, 0) is 4.79 Å². The lowest BCUT2D eigenvalue weighted by molar-refractivity contribution is -0.129. The summed E-state index contributed by atoms with van der Waals surface area (Å²) in [4.78, 5) is 33.5. The number of piperidine rings is 1. The highest BCUT2D eigenvalue weighted by atomic mass is 16.2. The average Bonchev–Trinajstić information content (AvgIpc) is 2.63. The zero-order chi connectivity index (χ0) is 18.5. The second kappa shape index (κ2) is 7.81. The van der Waals surface area contributed by atoms with Crippen molar-refractivity contribution >= 4 is 29.3 Å². The van der Waals surface area contributed by atoms with Gasteiger partial charge in [0, 0.05) is 37.9 Å². The van der Waals surface area contributed by atoms with E-state index in [1.165, 1.54) is 6.20 Å². The number of rotatable bonds is 5. The second-order valence-electron chi connectivity index (χ2n) is 6.24. The predicted molar refractivity (Wildman–Crippen MR) is 99.2 cm³/mol. The van der Waals surface area contributed by atoms with Gasteiger partial charge in [-0.15, -0.1) is 0 Å². The molecule has 1 saturated heterocycles. The monoisotopic (exact) mass is 354 g/mol. The van der Waals surface area contributed by atoms with Crippen LogP contribution in [0.1, 0.15) is 30.1 Å². The Morgan fingerprint density at radius 3 is 2.50 bits per heavy atom. The van der Waals surface area contributed by atoms with Crippen LogP contribution < -0.4 is 16.4 Å². The van der Waals surface area contributed by atoms with E-state index in [1.54, 1.807) is 6.92 Å². The highest BCUT2D eigenvalue weighted by molar-refractivity contribution is 5.98. The van der Waals surface area contributed by atoms with E-state index < -0.39 is 5.91 Å². The van der Waals surface area contributed by atoms with E-state index in [0.717, 1.165) is 18.5 Å². The fraction of sp³-hybridized carbons (Fsp3) is 0.333. The summed E-state index contributed by atoms with van der Waals surface area (Å²) in [5, 5.41) is 6.39. The number of primary amides is 1. The lowest BCUT2D eigenvalue weighted by atomic mass is 10.1. The maximum absolute atomic E-state index is 11.7. The molecule has 0 unspecified atom stereocenters. The fourth-order valence-corrected chi connectivity index (χ4v) is 2.91. The summed E-state index contributed by atoms with van der Waals surface area (Å²) in [5.74, 6) is 0.293. The van der Waals surface area contributed by atoms with Crippen LogP contribution in [0.15, 0.2) is 36.5 Å². The van der Waals surface area contributed by atoms with Gasteiger partial charge in [0.25, 0.3) is 5.91 Å². The van der Waals surface area contributed by atoms with E-state index >= 15 is 0 Å². The van der Waals surface area contributed by atoms with Gasteiger partial charge in [-0.2, -0.15) is 4.98 Å². The Bertz CT molecular complexity index is 788. The Morgan fingerprint density at radius 2 is 1.88 bits per heavy atom. The summed E-state index contributed by atoms with van der Waals surface area (Å²) in [5.41, 5.74) is 6.46. The standard InChI is InChI=1S/C18H22N6O2/c1-12(25)24-9-7-14(8-10-24)22-18-20-11-15(16(19)26)17(23-18)21-13-5-3-2-4-6-13/h2-6,11,14H,7-10H2,1H3,(H2,19,26)(H2,20,21,22,23). The molecule has 2 amide bonds. The molecule has 1 aliphatic rings. The first kappa shape index (κ1) is 17.7. The van der Waals surface area contributed by atoms with Gasteiger partial charge in [-0.25, -0.2) is 4.98 Å². The molecule has 1 aromatic heterocycles. The molecule has 3 rings (SSSR count). The molecule has 1 fully saturated rings. The van der Waals surface area contributed by atoms with Crippen molar-refractivity contribution in [3.8, 4) is 0 Å². The first-order chi connectivity index (χ1) is 12.5. The number of hydrogen-bond acceptors (Lipinski definition) is 6. The number of para-hydroxylation sites is 1. The van der Waals surface area contributed by atoms with Crippen molar-refractivity contribution in [2.75, 3.05) is 23.7 Å². The van der Waals surface area contributed by atoms with Crippen LogP contribution in [0.2, 0.25) is 0 Å². The first-order valence-corrected chi connectivity index (χ1v) is 8.54.